The lowest BCUT2D eigenvalue weighted by Crippen LogP contribution is -2.39. The van der Waals surface area contributed by atoms with E-state index in [-0.39, 0.29) is 24.4 Å². The number of rotatable bonds is 6. The van der Waals surface area contributed by atoms with Crippen molar-refractivity contribution in [2.24, 2.45) is 0 Å². The van der Waals surface area contributed by atoms with Crippen molar-refractivity contribution in [3.63, 3.8) is 0 Å². The number of likely N-dealkylation sites (tertiary alicyclic amines) is 1. The van der Waals surface area contributed by atoms with Crippen LogP contribution in [0.25, 0.3) is 0 Å². The average Bonchev–Trinajstić information content (AvgIpc) is 3.05. The molecule has 25 heavy (non-hydrogen) atoms. The van der Waals surface area contributed by atoms with Gasteiger partial charge in [-0.25, -0.2) is 0 Å². The molecule has 0 saturated carbocycles. The molecule has 5 heteroatoms. The largest absolute Gasteiger partial charge is 0.497 e. The fourth-order valence-corrected chi connectivity index (χ4v) is 3.05. The van der Waals surface area contributed by atoms with E-state index in [1.807, 2.05) is 54.6 Å². The molecule has 1 aliphatic heterocycles. The molecule has 0 unspecified atom stereocenters. The highest BCUT2D eigenvalue weighted by atomic mass is 16.5. The van der Waals surface area contributed by atoms with Gasteiger partial charge in [0.2, 0.25) is 11.8 Å². The van der Waals surface area contributed by atoms with E-state index in [0.717, 1.165) is 23.3 Å². The topological polar surface area (TPSA) is 58.6 Å². The molecule has 1 atom stereocenters. The third kappa shape index (κ3) is 4.18. The van der Waals surface area contributed by atoms with Gasteiger partial charge in [-0.3, -0.25) is 9.59 Å². The maximum absolute atomic E-state index is 12.5. The normalized spacial score (nSPS) is 15.1. The Balaban J connectivity index is 1.78. The van der Waals surface area contributed by atoms with Crippen molar-refractivity contribution in [1.82, 2.24) is 10.2 Å². The van der Waals surface area contributed by atoms with Crippen LogP contribution in [-0.4, -0.2) is 36.9 Å². The fraction of sp³-hybridized carbons (Fsp3) is 0.300. The number of methoxy groups -OCH3 is 1. The standard InChI is InChI=1S/C20H22N2O3/c1-25-17-11-9-16(10-12-17)20(15-6-3-2-4-7-15)21-18(23)14-22-13-5-8-19(22)24/h2-4,6-7,9-12,20H,5,8,13-14H2,1H3,(H,21,23)/t20-/m1/s1. The predicted octanol–water partition coefficient (Wildman–Crippen LogP) is 2.52. The van der Waals surface area contributed by atoms with Crippen LogP contribution in [-0.2, 0) is 9.59 Å². The molecule has 0 spiro atoms. The minimum absolute atomic E-state index is 0.0517. The van der Waals surface area contributed by atoms with Crippen LogP contribution < -0.4 is 10.1 Å². The maximum Gasteiger partial charge on any atom is 0.240 e. The molecule has 5 nitrogen and oxygen atoms in total. The van der Waals surface area contributed by atoms with Gasteiger partial charge in [0.15, 0.2) is 0 Å². The fourth-order valence-electron chi connectivity index (χ4n) is 3.05. The Kier molecular flexibility index (Phi) is 5.33. The van der Waals surface area contributed by atoms with Crippen LogP contribution in [0.4, 0.5) is 0 Å². The Labute approximate surface area is 147 Å². The van der Waals surface area contributed by atoms with Crippen molar-refractivity contribution < 1.29 is 14.3 Å². The van der Waals surface area contributed by atoms with Gasteiger partial charge in [-0.2, -0.15) is 0 Å². The lowest BCUT2D eigenvalue weighted by Gasteiger charge is -2.22. The number of carbonyl (C=O) groups is 2. The minimum Gasteiger partial charge on any atom is -0.497 e. The lowest BCUT2D eigenvalue weighted by molar-refractivity contribution is -0.133. The number of nitrogens with one attached hydrogen (secondary N) is 1. The highest BCUT2D eigenvalue weighted by molar-refractivity contribution is 5.86. The Bertz CT molecular complexity index is 728. The second kappa shape index (κ2) is 7.83. The van der Waals surface area contributed by atoms with Crippen molar-refractivity contribution in [3.8, 4) is 5.75 Å². The SMILES string of the molecule is COc1ccc([C@H](NC(=O)CN2CCCC2=O)c2ccccc2)cc1. The first kappa shape index (κ1) is 17.0. The summed E-state index contributed by atoms with van der Waals surface area (Å²) in [5.41, 5.74) is 1.96. The highest BCUT2D eigenvalue weighted by Crippen LogP contribution is 2.24. The van der Waals surface area contributed by atoms with E-state index in [1.54, 1.807) is 12.0 Å². The van der Waals surface area contributed by atoms with E-state index in [0.29, 0.717) is 13.0 Å². The molecular formula is C20H22N2O3. The predicted molar refractivity (Wildman–Crippen MR) is 95.2 cm³/mol. The summed E-state index contributed by atoms with van der Waals surface area (Å²) in [6.45, 7) is 0.767. The summed E-state index contributed by atoms with van der Waals surface area (Å²) in [6.07, 6.45) is 1.36. The smallest absolute Gasteiger partial charge is 0.240 e. The second-order valence-corrected chi connectivity index (χ2v) is 6.10. The van der Waals surface area contributed by atoms with Gasteiger partial charge >= 0.3 is 0 Å². The summed E-state index contributed by atoms with van der Waals surface area (Å²) < 4.78 is 5.20. The van der Waals surface area contributed by atoms with Crippen molar-refractivity contribution in [2.45, 2.75) is 18.9 Å². The van der Waals surface area contributed by atoms with Crippen LogP contribution in [0.2, 0.25) is 0 Å². The molecule has 3 rings (SSSR count). The first-order chi connectivity index (χ1) is 12.2. The van der Waals surface area contributed by atoms with Crippen molar-refractivity contribution in [1.29, 1.82) is 0 Å². The molecule has 0 aliphatic carbocycles. The van der Waals surface area contributed by atoms with Gasteiger partial charge in [0.25, 0.3) is 0 Å². The molecule has 1 heterocycles. The van der Waals surface area contributed by atoms with Crippen molar-refractivity contribution >= 4 is 11.8 Å². The Hall–Kier alpha value is -2.82. The number of ether oxygens (including phenoxy) is 1. The van der Waals surface area contributed by atoms with Crippen LogP contribution in [0, 0.1) is 0 Å². The minimum atomic E-state index is -0.266. The Morgan fingerprint density at radius 3 is 2.40 bits per heavy atom. The maximum atomic E-state index is 12.5. The van der Waals surface area contributed by atoms with E-state index in [9.17, 15) is 9.59 Å². The molecule has 1 fully saturated rings. The van der Waals surface area contributed by atoms with Gasteiger partial charge in [-0.05, 0) is 29.7 Å². The lowest BCUT2D eigenvalue weighted by atomic mass is 9.98. The summed E-state index contributed by atoms with van der Waals surface area (Å²) in [7, 11) is 1.62. The number of carbonyl (C=O) groups excluding carboxylic acids is 2. The molecular weight excluding hydrogens is 316 g/mol. The third-order valence-electron chi connectivity index (χ3n) is 4.39. The zero-order valence-electron chi connectivity index (χ0n) is 14.3. The summed E-state index contributed by atoms with van der Waals surface area (Å²) in [6, 6.07) is 17.2. The molecule has 130 valence electrons. The summed E-state index contributed by atoms with van der Waals surface area (Å²) >= 11 is 0. The van der Waals surface area contributed by atoms with Gasteiger partial charge in [-0.15, -0.1) is 0 Å². The van der Waals surface area contributed by atoms with Gasteiger partial charge < -0.3 is 15.0 Å². The van der Waals surface area contributed by atoms with Crippen LogP contribution in [0.5, 0.6) is 5.75 Å². The van der Waals surface area contributed by atoms with Crippen LogP contribution in [0.15, 0.2) is 54.6 Å². The van der Waals surface area contributed by atoms with Crippen molar-refractivity contribution in [2.75, 3.05) is 20.2 Å². The molecule has 2 amide bonds. The molecule has 1 saturated heterocycles. The van der Waals surface area contributed by atoms with E-state index < -0.39 is 0 Å². The summed E-state index contributed by atoms with van der Waals surface area (Å²) in [5, 5.41) is 3.06. The van der Waals surface area contributed by atoms with Gasteiger partial charge in [0.05, 0.1) is 19.7 Å². The number of hydrogen-bond donors (Lipinski definition) is 1. The first-order valence-electron chi connectivity index (χ1n) is 8.43. The first-order valence-corrected chi connectivity index (χ1v) is 8.43. The molecule has 0 bridgehead atoms. The van der Waals surface area contributed by atoms with E-state index >= 15 is 0 Å². The highest BCUT2D eigenvalue weighted by Gasteiger charge is 2.24. The zero-order valence-corrected chi connectivity index (χ0v) is 14.3. The average molecular weight is 338 g/mol. The van der Waals surface area contributed by atoms with Crippen molar-refractivity contribution in [3.05, 3.63) is 65.7 Å². The third-order valence-corrected chi connectivity index (χ3v) is 4.39. The number of benzene rings is 2. The number of hydrogen-bond acceptors (Lipinski definition) is 3. The quantitative estimate of drug-likeness (QED) is 0.880. The summed E-state index contributed by atoms with van der Waals surface area (Å²) in [5.74, 6) is 0.667. The van der Waals surface area contributed by atoms with Gasteiger partial charge in [0, 0.05) is 13.0 Å². The Morgan fingerprint density at radius 2 is 1.80 bits per heavy atom. The molecule has 2 aromatic rings. The molecule has 1 aliphatic rings. The van der Waals surface area contributed by atoms with Crippen LogP contribution in [0.3, 0.4) is 0 Å². The van der Waals surface area contributed by atoms with E-state index in [4.69, 9.17) is 4.74 Å². The van der Waals surface area contributed by atoms with Gasteiger partial charge in [0.1, 0.15) is 5.75 Å². The van der Waals surface area contributed by atoms with E-state index in [2.05, 4.69) is 5.32 Å². The summed E-state index contributed by atoms with van der Waals surface area (Å²) in [4.78, 5) is 25.8. The van der Waals surface area contributed by atoms with Crippen LogP contribution in [0.1, 0.15) is 30.0 Å². The zero-order chi connectivity index (χ0) is 17.6. The molecule has 2 aromatic carbocycles. The number of nitrogens with zero attached hydrogens (tertiary/aromatic N) is 1. The van der Waals surface area contributed by atoms with Crippen LogP contribution >= 0.6 is 0 Å². The monoisotopic (exact) mass is 338 g/mol. The second-order valence-electron chi connectivity index (χ2n) is 6.10. The molecule has 0 radical (unpaired) electrons. The molecule has 1 N–H and O–H groups in total. The van der Waals surface area contributed by atoms with Gasteiger partial charge in [-0.1, -0.05) is 42.5 Å². The van der Waals surface area contributed by atoms with E-state index in [1.165, 1.54) is 0 Å². The number of amides is 2. The molecule has 0 aromatic heterocycles. The Morgan fingerprint density at radius 1 is 1.12 bits per heavy atom.